The van der Waals surface area contributed by atoms with Crippen molar-refractivity contribution in [2.75, 3.05) is 6.67 Å². The predicted octanol–water partition coefficient (Wildman–Crippen LogP) is -0.818. The molecule has 1 rings (SSSR count). The van der Waals surface area contributed by atoms with E-state index in [2.05, 4.69) is 21.3 Å². The fraction of sp³-hybridized carbons (Fsp3) is 0.667. The van der Waals surface area contributed by atoms with E-state index in [-0.39, 0.29) is 5.91 Å². The Morgan fingerprint density at radius 2 is 2.67 bits per heavy atom. The Bertz CT molecular complexity index is 135. The minimum atomic E-state index is -0.144. The van der Waals surface area contributed by atoms with Crippen LogP contribution < -0.4 is 11.0 Å². The monoisotopic (exact) mass is 129 g/mol. The van der Waals surface area contributed by atoms with E-state index in [1.165, 1.54) is 12.0 Å². The molecule has 0 saturated carbocycles. The molecule has 0 fully saturated rings. The lowest BCUT2D eigenvalue weighted by molar-refractivity contribution is -0.124. The number of hydrogen-bond acceptors (Lipinski definition) is 5. The zero-order valence-electron chi connectivity index (χ0n) is 4.96. The molecule has 0 unspecified atom stereocenters. The molecule has 0 aromatic rings. The van der Waals surface area contributed by atoms with E-state index < -0.39 is 0 Å². The molecule has 2 N–H and O–H groups in total. The molecule has 6 heteroatoms. The number of rotatable bonds is 1. The predicted molar refractivity (Wildman–Crippen MR) is 28.5 cm³/mol. The third-order valence-electron chi connectivity index (χ3n) is 0.733. The Kier molecular flexibility index (Phi) is 1.59. The highest BCUT2D eigenvalue weighted by Gasteiger charge is 2.06. The zero-order chi connectivity index (χ0) is 6.69. The summed E-state index contributed by atoms with van der Waals surface area (Å²) in [4.78, 5) is 10.3. The minimum absolute atomic E-state index is 0.144. The van der Waals surface area contributed by atoms with Gasteiger partial charge in [0.05, 0.1) is 0 Å². The summed E-state index contributed by atoms with van der Waals surface area (Å²) in [5, 5.41) is 8.32. The molecule has 0 saturated heterocycles. The van der Waals surface area contributed by atoms with Gasteiger partial charge in [0.2, 0.25) is 5.91 Å². The first-order valence-corrected chi connectivity index (χ1v) is 2.46. The van der Waals surface area contributed by atoms with Gasteiger partial charge in [-0.3, -0.25) is 10.2 Å². The number of hydrazine groups is 2. The van der Waals surface area contributed by atoms with Crippen molar-refractivity contribution < 1.29 is 4.79 Å². The molecular formula is C3H7N5O. The van der Waals surface area contributed by atoms with Gasteiger partial charge in [0, 0.05) is 6.92 Å². The van der Waals surface area contributed by atoms with Crippen LogP contribution in [0.15, 0.2) is 10.3 Å². The van der Waals surface area contributed by atoms with E-state index in [0.29, 0.717) is 6.67 Å². The third kappa shape index (κ3) is 1.65. The average molecular weight is 129 g/mol. The molecule has 0 spiro atoms. The van der Waals surface area contributed by atoms with Gasteiger partial charge in [0.25, 0.3) is 0 Å². The third-order valence-corrected chi connectivity index (χ3v) is 0.733. The molecule has 1 aliphatic rings. The Labute approximate surface area is 51.8 Å². The van der Waals surface area contributed by atoms with Gasteiger partial charge in [0.1, 0.15) is 0 Å². The van der Waals surface area contributed by atoms with Gasteiger partial charge in [-0.15, -0.1) is 0 Å². The molecule has 0 atom stereocenters. The van der Waals surface area contributed by atoms with Crippen LogP contribution in [0.5, 0.6) is 0 Å². The SMILES string of the molecule is CC(=O)NN1CN=NN1. The smallest absolute Gasteiger partial charge is 0.232 e. The van der Waals surface area contributed by atoms with Crippen LogP contribution >= 0.6 is 0 Å². The van der Waals surface area contributed by atoms with Gasteiger partial charge in [0.15, 0.2) is 6.67 Å². The Hall–Kier alpha value is -1.17. The normalized spacial score (nSPS) is 17.4. The molecule has 0 aromatic carbocycles. The molecule has 0 aromatic heterocycles. The highest BCUT2D eigenvalue weighted by Crippen LogP contribution is 1.86. The van der Waals surface area contributed by atoms with Crippen LogP contribution in [0.4, 0.5) is 0 Å². The lowest BCUT2D eigenvalue weighted by atomic mass is 10.8. The fourth-order valence-electron chi connectivity index (χ4n) is 0.463. The number of carbonyl (C=O) groups excluding carboxylic acids is 1. The van der Waals surface area contributed by atoms with Crippen molar-refractivity contribution in [3.8, 4) is 0 Å². The van der Waals surface area contributed by atoms with Crippen molar-refractivity contribution in [2.45, 2.75) is 6.92 Å². The van der Waals surface area contributed by atoms with Crippen molar-refractivity contribution >= 4 is 5.91 Å². The number of amides is 1. The molecule has 0 aliphatic carbocycles. The summed E-state index contributed by atoms with van der Waals surface area (Å²) in [5.41, 5.74) is 4.89. The van der Waals surface area contributed by atoms with Crippen molar-refractivity contribution in [3.05, 3.63) is 0 Å². The van der Waals surface area contributed by atoms with Crippen LogP contribution in [-0.2, 0) is 4.79 Å². The van der Waals surface area contributed by atoms with Gasteiger partial charge in [-0.2, -0.15) is 5.11 Å². The number of nitrogens with one attached hydrogen (secondary N) is 2. The van der Waals surface area contributed by atoms with E-state index in [9.17, 15) is 4.79 Å². The van der Waals surface area contributed by atoms with Gasteiger partial charge in [-0.1, -0.05) is 10.3 Å². The van der Waals surface area contributed by atoms with Crippen molar-refractivity contribution in [3.63, 3.8) is 0 Å². The second kappa shape index (κ2) is 2.40. The molecule has 0 radical (unpaired) electrons. The summed E-state index contributed by atoms with van der Waals surface area (Å²) in [5.74, 6) is -0.144. The average Bonchev–Trinajstić information content (AvgIpc) is 2.15. The fourth-order valence-corrected chi connectivity index (χ4v) is 0.463. The molecule has 50 valence electrons. The number of nitrogens with zero attached hydrogens (tertiary/aromatic N) is 3. The van der Waals surface area contributed by atoms with E-state index in [0.717, 1.165) is 0 Å². The summed E-state index contributed by atoms with van der Waals surface area (Å²) in [7, 11) is 0. The summed E-state index contributed by atoms with van der Waals surface area (Å²) in [6.45, 7) is 1.78. The molecule has 1 heterocycles. The molecule has 6 nitrogen and oxygen atoms in total. The van der Waals surface area contributed by atoms with Gasteiger partial charge < -0.3 is 0 Å². The summed E-state index contributed by atoms with van der Waals surface area (Å²) >= 11 is 0. The van der Waals surface area contributed by atoms with Crippen LogP contribution in [-0.4, -0.2) is 17.7 Å². The Balaban J connectivity index is 2.22. The van der Waals surface area contributed by atoms with Crippen LogP contribution in [0.1, 0.15) is 6.92 Å². The largest absolute Gasteiger partial charge is 0.274 e. The van der Waals surface area contributed by atoms with Crippen LogP contribution in [0.25, 0.3) is 0 Å². The molecule has 1 aliphatic heterocycles. The van der Waals surface area contributed by atoms with Crippen LogP contribution in [0.3, 0.4) is 0 Å². The molecule has 9 heavy (non-hydrogen) atoms. The lowest BCUT2D eigenvalue weighted by Gasteiger charge is -2.10. The van der Waals surface area contributed by atoms with Crippen molar-refractivity contribution in [1.29, 1.82) is 0 Å². The maximum Gasteiger partial charge on any atom is 0.232 e. The molecule has 0 bridgehead atoms. The maximum atomic E-state index is 10.3. The molecular weight excluding hydrogens is 122 g/mol. The summed E-state index contributed by atoms with van der Waals surface area (Å²) < 4.78 is 0. The zero-order valence-corrected chi connectivity index (χ0v) is 4.96. The van der Waals surface area contributed by atoms with Crippen molar-refractivity contribution in [2.24, 2.45) is 10.3 Å². The van der Waals surface area contributed by atoms with Crippen molar-refractivity contribution in [1.82, 2.24) is 16.1 Å². The first-order valence-electron chi connectivity index (χ1n) is 2.46. The van der Waals surface area contributed by atoms with Gasteiger partial charge in [-0.25, -0.2) is 5.53 Å². The maximum absolute atomic E-state index is 10.3. The topological polar surface area (TPSA) is 69.1 Å². The molecule has 1 amide bonds. The van der Waals surface area contributed by atoms with E-state index in [4.69, 9.17) is 0 Å². The van der Waals surface area contributed by atoms with E-state index in [1.54, 1.807) is 0 Å². The summed E-state index contributed by atoms with van der Waals surface area (Å²) in [6, 6.07) is 0. The number of hydrogen-bond donors (Lipinski definition) is 2. The van der Waals surface area contributed by atoms with E-state index in [1.807, 2.05) is 0 Å². The number of carbonyl (C=O) groups is 1. The lowest BCUT2D eigenvalue weighted by Crippen LogP contribution is -2.44. The van der Waals surface area contributed by atoms with Crippen LogP contribution in [0.2, 0.25) is 0 Å². The van der Waals surface area contributed by atoms with Crippen LogP contribution in [0, 0.1) is 0 Å². The van der Waals surface area contributed by atoms with Gasteiger partial charge >= 0.3 is 0 Å². The highest BCUT2D eigenvalue weighted by molar-refractivity contribution is 5.72. The Morgan fingerprint density at radius 3 is 3.11 bits per heavy atom. The highest BCUT2D eigenvalue weighted by atomic mass is 16.2. The quantitative estimate of drug-likeness (QED) is 0.486. The minimum Gasteiger partial charge on any atom is -0.274 e. The second-order valence-electron chi connectivity index (χ2n) is 1.58. The Morgan fingerprint density at radius 1 is 1.89 bits per heavy atom. The van der Waals surface area contributed by atoms with E-state index >= 15 is 0 Å². The van der Waals surface area contributed by atoms with Gasteiger partial charge in [-0.05, 0) is 0 Å². The summed E-state index contributed by atoms with van der Waals surface area (Å²) in [6.07, 6.45) is 0. The second-order valence-corrected chi connectivity index (χ2v) is 1.58. The first kappa shape index (κ1) is 5.96. The first-order chi connectivity index (χ1) is 4.29. The standard InChI is InChI=1S/C3H7N5O/c1-3(9)5-8-2-4-6-7-8/h2H2,1H3,(H,4,7)(H,5,9).